The van der Waals surface area contributed by atoms with E-state index in [9.17, 15) is 0 Å². The molecule has 61 heavy (non-hydrogen) atoms. The number of allylic oxidation sites excluding steroid dienone is 4. The Hall–Kier alpha value is -7.51. The van der Waals surface area contributed by atoms with Crippen LogP contribution in [0.5, 0.6) is 11.5 Å². The second kappa shape index (κ2) is 14.6. The van der Waals surface area contributed by atoms with Crippen LogP contribution in [0.4, 0.5) is 17.1 Å². The van der Waals surface area contributed by atoms with E-state index in [-0.39, 0.29) is 12.3 Å². The van der Waals surface area contributed by atoms with Gasteiger partial charge in [0, 0.05) is 46.6 Å². The smallest absolute Gasteiger partial charge is 0.314 e. The first kappa shape index (κ1) is 36.6. The fraction of sp³-hybridized carbons (Fsp3) is 0.0926. The number of rotatable bonds is 7. The predicted molar refractivity (Wildman–Crippen MR) is 253 cm³/mol. The molecular weight excluding hydrogens is 745 g/mol. The minimum atomic E-state index is -0.00648. The van der Waals surface area contributed by atoms with Crippen LogP contribution in [0, 0.1) is 0 Å². The first-order valence-corrected chi connectivity index (χ1v) is 21.0. The Labute approximate surface area is 357 Å². The van der Waals surface area contributed by atoms with E-state index in [0.29, 0.717) is 6.67 Å². The summed E-state index contributed by atoms with van der Waals surface area (Å²) in [4.78, 5) is 12.2. The third kappa shape index (κ3) is 6.50. The van der Waals surface area contributed by atoms with E-state index in [2.05, 4.69) is 228 Å². The minimum Gasteiger partial charge on any atom is -0.457 e. The Bertz CT molecular complexity index is 3100. The first-order valence-electron chi connectivity index (χ1n) is 21.0. The van der Waals surface area contributed by atoms with Crippen LogP contribution in [-0.2, 0) is 5.41 Å². The molecule has 0 radical (unpaired) electrons. The lowest BCUT2D eigenvalue weighted by atomic mass is 9.56. The lowest BCUT2D eigenvalue weighted by molar-refractivity contribution is 0.483. The second-order valence-electron chi connectivity index (χ2n) is 16.9. The largest absolute Gasteiger partial charge is 0.457 e. The van der Waals surface area contributed by atoms with Gasteiger partial charge in [0.1, 0.15) is 29.8 Å². The molecular formula is C54H44BN5O. The normalized spacial score (nSPS) is 14.8. The summed E-state index contributed by atoms with van der Waals surface area (Å²) >= 11 is 0. The summed E-state index contributed by atoms with van der Waals surface area (Å²) in [6, 6.07) is 57.8. The zero-order valence-corrected chi connectivity index (χ0v) is 34.5. The lowest BCUT2D eigenvalue weighted by Crippen LogP contribution is -2.44. The van der Waals surface area contributed by atoms with Gasteiger partial charge in [0.25, 0.3) is 0 Å². The van der Waals surface area contributed by atoms with Gasteiger partial charge in [0.15, 0.2) is 0 Å². The van der Waals surface area contributed by atoms with Gasteiger partial charge >= 0.3 is 6.85 Å². The van der Waals surface area contributed by atoms with Gasteiger partial charge in [-0.25, -0.2) is 4.98 Å². The number of nitrogens with zero attached hydrogens (tertiary/aromatic N) is 5. The van der Waals surface area contributed by atoms with Gasteiger partial charge in [-0.3, -0.25) is 4.57 Å². The second-order valence-corrected chi connectivity index (χ2v) is 16.9. The maximum absolute atomic E-state index is 6.77. The average molecular weight is 790 g/mol. The highest BCUT2D eigenvalue weighted by Crippen LogP contribution is 2.47. The van der Waals surface area contributed by atoms with E-state index in [1.54, 1.807) is 0 Å². The van der Waals surface area contributed by atoms with Crippen LogP contribution in [0.1, 0.15) is 37.5 Å². The van der Waals surface area contributed by atoms with Gasteiger partial charge in [-0.2, -0.15) is 0 Å². The summed E-state index contributed by atoms with van der Waals surface area (Å²) in [5.74, 6) is 8.18. The van der Waals surface area contributed by atoms with E-state index in [0.717, 1.165) is 56.6 Å². The number of pyridine rings is 1. The highest BCUT2D eigenvalue weighted by atomic mass is 16.5. The molecule has 6 aromatic carbocycles. The molecule has 8 aromatic rings. The van der Waals surface area contributed by atoms with Crippen molar-refractivity contribution in [1.29, 1.82) is 0 Å². The summed E-state index contributed by atoms with van der Waals surface area (Å²) in [6.07, 6.45) is 8.78. The maximum atomic E-state index is 6.77. The molecule has 0 unspecified atom stereocenters. The Morgan fingerprint density at radius 1 is 0.590 bits per heavy atom. The van der Waals surface area contributed by atoms with E-state index >= 15 is 0 Å². The van der Waals surface area contributed by atoms with Crippen LogP contribution >= 0.6 is 0 Å². The number of ether oxygens (including phenoxy) is 1. The Kier molecular flexibility index (Phi) is 8.78. The van der Waals surface area contributed by atoms with E-state index < -0.39 is 0 Å². The molecule has 0 atom stereocenters. The molecule has 294 valence electrons. The van der Waals surface area contributed by atoms with Crippen molar-refractivity contribution in [2.45, 2.75) is 26.2 Å². The number of hydrogen-bond acceptors (Lipinski definition) is 5. The van der Waals surface area contributed by atoms with Crippen molar-refractivity contribution in [3.63, 3.8) is 0 Å². The van der Waals surface area contributed by atoms with Crippen molar-refractivity contribution < 1.29 is 4.74 Å². The third-order valence-corrected chi connectivity index (χ3v) is 12.1. The molecule has 3 aliphatic heterocycles. The quantitative estimate of drug-likeness (QED) is 0.150. The van der Waals surface area contributed by atoms with Crippen molar-refractivity contribution >= 4 is 56.9 Å². The Morgan fingerprint density at radius 2 is 1.28 bits per heavy atom. The zero-order valence-electron chi connectivity index (χ0n) is 34.5. The van der Waals surface area contributed by atoms with Gasteiger partial charge in [-0.15, -0.1) is 0 Å². The monoisotopic (exact) mass is 789 g/mol. The fourth-order valence-electron chi connectivity index (χ4n) is 9.01. The van der Waals surface area contributed by atoms with Crippen LogP contribution in [0.25, 0.3) is 38.8 Å². The van der Waals surface area contributed by atoms with Crippen LogP contribution in [-0.4, -0.2) is 27.9 Å². The zero-order chi connectivity index (χ0) is 41.1. The van der Waals surface area contributed by atoms with E-state index in [1.165, 1.54) is 33.2 Å². The molecule has 0 bridgehead atoms. The molecule has 5 heterocycles. The Balaban J connectivity index is 0.966. The number of benzene rings is 6. The van der Waals surface area contributed by atoms with Crippen molar-refractivity contribution in [3.05, 3.63) is 223 Å². The molecule has 11 rings (SSSR count). The molecule has 0 amide bonds. The van der Waals surface area contributed by atoms with Crippen molar-refractivity contribution in [2.24, 2.45) is 0 Å². The molecule has 0 saturated carbocycles. The van der Waals surface area contributed by atoms with Crippen molar-refractivity contribution in [3.8, 4) is 17.3 Å². The molecule has 0 aliphatic carbocycles. The van der Waals surface area contributed by atoms with Crippen LogP contribution in [0.3, 0.4) is 0 Å². The standard InChI is InChI=1S/C54H44BN5O/c1-54(2,3)41-29-32-56-52(33-41)60-48-22-11-10-21-46(48)47-26-25-44(35-51(47)60)61-43-20-14-19-42(34-43)57-37-58(50-24-13-12-23-49(50)57)53-45(39-17-8-5-9-18-39)28-31-55-30-27-40(36-59(53)55)38-15-6-4-7-16-38/h4-36H,37H2,1-3H3. The van der Waals surface area contributed by atoms with Gasteiger partial charge < -0.3 is 19.3 Å². The summed E-state index contributed by atoms with van der Waals surface area (Å²) in [6.45, 7) is 7.43. The third-order valence-electron chi connectivity index (χ3n) is 12.1. The number of hydrogen-bond donors (Lipinski definition) is 0. The van der Waals surface area contributed by atoms with Crippen molar-refractivity contribution in [2.75, 3.05) is 16.5 Å². The highest BCUT2D eigenvalue weighted by Gasteiger charge is 2.37. The van der Waals surface area contributed by atoms with E-state index in [1.807, 2.05) is 12.3 Å². The average Bonchev–Trinajstić information content (AvgIpc) is 3.85. The van der Waals surface area contributed by atoms with Crippen LogP contribution < -0.4 is 14.5 Å². The van der Waals surface area contributed by atoms with Crippen molar-refractivity contribution in [1.82, 2.24) is 14.4 Å². The molecule has 7 heteroatoms. The van der Waals surface area contributed by atoms with Crippen LogP contribution in [0.2, 0.25) is 0 Å². The van der Waals surface area contributed by atoms with Gasteiger partial charge in [0.2, 0.25) is 0 Å². The summed E-state index contributed by atoms with van der Waals surface area (Å²) < 4.78 is 9.03. The molecule has 0 fully saturated rings. The number of aromatic nitrogens is 2. The van der Waals surface area contributed by atoms with Gasteiger partial charge in [-0.1, -0.05) is 142 Å². The predicted octanol–water partition coefficient (Wildman–Crippen LogP) is 13.1. The van der Waals surface area contributed by atoms with Crippen LogP contribution in [0.15, 0.2) is 206 Å². The minimum absolute atomic E-state index is 0.00648. The molecule has 0 spiro atoms. The Morgan fingerprint density at radius 3 is 2.08 bits per heavy atom. The number of para-hydroxylation sites is 3. The lowest BCUT2D eigenvalue weighted by Gasteiger charge is -2.40. The summed E-state index contributed by atoms with van der Waals surface area (Å²) in [7, 11) is 0. The molecule has 2 aromatic heterocycles. The molecule has 0 N–H and O–H groups in total. The molecule has 3 aliphatic rings. The highest BCUT2D eigenvalue weighted by molar-refractivity contribution is 6.68. The van der Waals surface area contributed by atoms with E-state index in [4.69, 9.17) is 9.72 Å². The van der Waals surface area contributed by atoms with Gasteiger partial charge in [-0.05, 0) is 82.3 Å². The maximum Gasteiger partial charge on any atom is 0.314 e. The number of fused-ring (bicyclic) bond motifs is 5. The number of anilines is 3. The SMILES string of the molecule is CC(C)(C)c1ccnc(-n2c3ccccc3c3ccc(Oc4cccc(N5CN(C6=C(c7ccccc7)C=CB7C=CC(c8ccccc8)=CN76)c6ccccc65)c4)cc32)c1. The van der Waals surface area contributed by atoms with Gasteiger partial charge in [0.05, 0.1) is 22.4 Å². The topological polar surface area (TPSA) is 36.8 Å². The summed E-state index contributed by atoms with van der Waals surface area (Å²) in [5.41, 5.74) is 11.5. The first-order chi connectivity index (χ1) is 29.9. The molecule has 0 saturated heterocycles. The molecule has 6 nitrogen and oxygen atoms in total. The summed E-state index contributed by atoms with van der Waals surface area (Å²) in [5, 5.41) is 2.34. The fourth-order valence-corrected chi connectivity index (χ4v) is 9.01.